The zero-order valence-corrected chi connectivity index (χ0v) is 17.8. The van der Waals surface area contributed by atoms with Crippen LogP contribution in [0.5, 0.6) is 11.5 Å². The summed E-state index contributed by atoms with van der Waals surface area (Å²) in [6.45, 7) is 3.82. The van der Waals surface area contributed by atoms with E-state index in [-0.39, 0.29) is 34.2 Å². The number of carbonyl (C=O) groups is 1. The Balaban J connectivity index is 1.86. The molecule has 1 fully saturated rings. The van der Waals surface area contributed by atoms with Crippen LogP contribution in [0.2, 0.25) is 0 Å². The molecule has 8 heteroatoms. The molecular weight excluding hydrogens is 392 g/mol. The fraction of sp³-hybridized carbons (Fsp3) is 0.381. The molecule has 7 nitrogen and oxygen atoms in total. The number of carbonyl (C=O) groups excluding carboxylic acids is 1. The predicted octanol–water partition coefficient (Wildman–Crippen LogP) is 2.94. The van der Waals surface area contributed by atoms with Gasteiger partial charge in [-0.2, -0.15) is 0 Å². The fourth-order valence-electron chi connectivity index (χ4n) is 3.06. The van der Waals surface area contributed by atoms with Gasteiger partial charge in [0, 0.05) is 17.2 Å². The molecule has 0 heterocycles. The molecule has 156 valence electrons. The van der Waals surface area contributed by atoms with E-state index in [1.807, 2.05) is 32.0 Å². The number of hydrogen-bond acceptors (Lipinski definition) is 5. The minimum Gasteiger partial charge on any atom is -0.496 e. The Kier molecular flexibility index (Phi) is 6.14. The highest BCUT2D eigenvalue weighted by Gasteiger charge is 2.30. The van der Waals surface area contributed by atoms with Crippen molar-refractivity contribution in [3.8, 4) is 11.5 Å². The number of hydrogen-bond donors (Lipinski definition) is 2. The van der Waals surface area contributed by atoms with Crippen molar-refractivity contribution in [3.05, 3.63) is 53.1 Å². The third-order valence-corrected chi connectivity index (χ3v) is 6.36. The molecule has 2 aromatic carbocycles. The van der Waals surface area contributed by atoms with E-state index < -0.39 is 10.0 Å². The van der Waals surface area contributed by atoms with E-state index in [1.165, 1.54) is 19.2 Å². The maximum Gasteiger partial charge on any atom is 0.251 e. The maximum atomic E-state index is 12.8. The molecular formula is C21H26N2O5S. The number of aryl methyl sites for hydroxylation is 1. The number of benzene rings is 2. The molecule has 1 saturated carbocycles. The minimum absolute atomic E-state index is 0.0414. The first-order valence-corrected chi connectivity index (χ1v) is 10.9. The monoisotopic (exact) mass is 418 g/mol. The van der Waals surface area contributed by atoms with Gasteiger partial charge in [0.1, 0.15) is 16.4 Å². The quantitative estimate of drug-likeness (QED) is 0.687. The number of nitrogens with one attached hydrogen (secondary N) is 2. The Morgan fingerprint density at radius 1 is 1.07 bits per heavy atom. The molecule has 0 spiro atoms. The molecule has 1 aliphatic rings. The predicted molar refractivity (Wildman–Crippen MR) is 110 cm³/mol. The molecule has 0 radical (unpaired) electrons. The highest BCUT2D eigenvalue weighted by molar-refractivity contribution is 7.89. The highest BCUT2D eigenvalue weighted by Crippen LogP contribution is 2.29. The minimum atomic E-state index is -3.77. The molecule has 3 rings (SSSR count). The molecule has 1 atom stereocenters. The van der Waals surface area contributed by atoms with Crippen molar-refractivity contribution in [1.82, 2.24) is 10.0 Å². The van der Waals surface area contributed by atoms with Crippen LogP contribution in [0, 0.1) is 6.92 Å². The molecule has 0 bridgehead atoms. The van der Waals surface area contributed by atoms with Gasteiger partial charge in [-0.15, -0.1) is 0 Å². The topological polar surface area (TPSA) is 93.7 Å². The van der Waals surface area contributed by atoms with E-state index in [0.717, 1.165) is 24.0 Å². The van der Waals surface area contributed by atoms with Crippen molar-refractivity contribution in [2.45, 2.75) is 43.7 Å². The molecule has 0 aliphatic heterocycles. The lowest BCUT2D eigenvalue weighted by atomic mass is 10.0. The SMILES string of the molecule is COc1ccc(C)cc1[C@H](C)NC(=O)c1ccc(OC)c(S(=O)(=O)NC2CC2)c1. The third-order valence-electron chi connectivity index (χ3n) is 4.81. The lowest BCUT2D eigenvalue weighted by Crippen LogP contribution is -2.29. The van der Waals surface area contributed by atoms with Crippen LogP contribution < -0.4 is 19.5 Å². The van der Waals surface area contributed by atoms with E-state index in [1.54, 1.807) is 13.2 Å². The molecule has 2 aromatic rings. The van der Waals surface area contributed by atoms with E-state index in [0.29, 0.717) is 5.75 Å². The number of methoxy groups -OCH3 is 2. The second-order valence-electron chi connectivity index (χ2n) is 7.20. The zero-order chi connectivity index (χ0) is 21.2. The number of ether oxygens (including phenoxy) is 2. The van der Waals surface area contributed by atoms with E-state index in [2.05, 4.69) is 10.0 Å². The summed E-state index contributed by atoms with van der Waals surface area (Å²) >= 11 is 0. The van der Waals surface area contributed by atoms with E-state index in [9.17, 15) is 13.2 Å². The molecule has 1 amide bonds. The average molecular weight is 419 g/mol. The van der Waals surface area contributed by atoms with Gasteiger partial charge < -0.3 is 14.8 Å². The number of amides is 1. The zero-order valence-electron chi connectivity index (χ0n) is 17.0. The van der Waals surface area contributed by atoms with Gasteiger partial charge in [0.05, 0.1) is 20.3 Å². The summed E-state index contributed by atoms with van der Waals surface area (Å²) in [6, 6.07) is 9.75. The summed E-state index contributed by atoms with van der Waals surface area (Å²) in [5.74, 6) is 0.490. The molecule has 29 heavy (non-hydrogen) atoms. The fourth-order valence-corrected chi connectivity index (χ4v) is 4.56. The normalized spacial score (nSPS) is 14.9. The van der Waals surface area contributed by atoms with Gasteiger partial charge in [0.15, 0.2) is 0 Å². The van der Waals surface area contributed by atoms with Crippen LogP contribution in [0.15, 0.2) is 41.3 Å². The highest BCUT2D eigenvalue weighted by atomic mass is 32.2. The van der Waals surface area contributed by atoms with Crippen LogP contribution in [0.4, 0.5) is 0 Å². The van der Waals surface area contributed by atoms with Gasteiger partial charge in [0.25, 0.3) is 5.91 Å². The van der Waals surface area contributed by atoms with Crippen molar-refractivity contribution in [1.29, 1.82) is 0 Å². The standard InChI is InChI=1S/C21H26N2O5S/c1-13-5-9-18(27-3)17(11-13)14(2)22-21(24)15-6-10-19(28-4)20(12-15)29(25,26)23-16-7-8-16/h5-6,9-12,14,16,23H,7-8H2,1-4H3,(H,22,24)/t14-/m0/s1. The third kappa shape index (κ3) is 4.89. The Morgan fingerprint density at radius 2 is 1.72 bits per heavy atom. The molecule has 0 aromatic heterocycles. The van der Waals surface area contributed by atoms with Crippen molar-refractivity contribution in [2.24, 2.45) is 0 Å². The Morgan fingerprint density at radius 3 is 2.34 bits per heavy atom. The summed E-state index contributed by atoms with van der Waals surface area (Å²) in [7, 11) is -0.788. The molecule has 1 aliphatic carbocycles. The van der Waals surface area contributed by atoms with Gasteiger partial charge in [-0.1, -0.05) is 17.7 Å². The van der Waals surface area contributed by atoms with Crippen molar-refractivity contribution >= 4 is 15.9 Å². The number of sulfonamides is 1. The van der Waals surface area contributed by atoms with Gasteiger partial charge in [-0.05, 0) is 51.0 Å². The average Bonchev–Trinajstić information content (AvgIpc) is 3.50. The summed E-state index contributed by atoms with van der Waals surface area (Å²) in [6.07, 6.45) is 1.63. The largest absolute Gasteiger partial charge is 0.496 e. The summed E-state index contributed by atoms with van der Waals surface area (Å²) in [4.78, 5) is 12.8. The second kappa shape index (κ2) is 8.42. The van der Waals surface area contributed by atoms with Crippen LogP contribution in [0.1, 0.15) is 47.3 Å². The van der Waals surface area contributed by atoms with Gasteiger partial charge >= 0.3 is 0 Å². The van der Waals surface area contributed by atoms with Crippen molar-refractivity contribution in [3.63, 3.8) is 0 Å². The first-order valence-electron chi connectivity index (χ1n) is 9.41. The van der Waals surface area contributed by atoms with Crippen LogP contribution in [0.3, 0.4) is 0 Å². The van der Waals surface area contributed by atoms with Crippen LogP contribution >= 0.6 is 0 Å². The lowest BCUT2D eigenvalue weighted by molar-refractivity contribution is 0.0939. The van der Waals surface area contributed by atoms with Gasteiger partial charge in [0.2, 0.25) is 10.0 Å². The summed E-state index contributed by atoms with van der Waals surface area (Å²) in [5, 5.41) is 2.91. The lowest BCUT2D eigenvalue weighted by Gasteiger charge is -2.18. The summed E-state index contributed by atoms with van der Waals surface area (Å²) < 4.78 is 38.5. The van der Waals surface area contributed by atoms with Crippen LogP contribution in [-0.2, 0) is 10.0 Å². The van der Waals surface area contributed by atoms with Crippen molar-refractivity contribution < 1.29 is 22.7 Å². The first-order chi connectivity index (χ1) is 13.7. The number of rotatable bonds is 8. The van der Waals surface area contributed by atoms with E-state index in [4.69, 9.17) is 9.47 Å². The van der Waals surface area contributed by atoms with Gasteiger partial charge in [-0.3, -0.25) is 4.79 Å². The Labute approximate surface area is 171 Å². The Hall–Kier alpha value is -2.58. The van der Waals surface area contributed by atoms with E-state index >= 15 is 0 Å². The molecule has 0 unspecified atom stereocenters. The maximum absolute atomic E-state index is 12.8. The molecule has 0 saturated heterocycles. The Bertz CT molecular complexity index is 1020. The smallest absolute Gasteiger partial charge is 0.251 e. The van der Waals surface area contributed by atoms with Crippen LogP contribution in [0.25, 0.3) is 0 Å². The second-order valence-corrected chi connectivity index (χ2v) is 8.88. The first kappa shape index (κ1) is 21.1. The molecule has 2 N–H and O–H groups in total. The van der Waals surface area contributed by atoms with Crippen molar-refractivity contribution in [2.75, 3.05) is 14.2 Å². The van der Waals surface area contributed by atoms with Gasteiger partial charge in [-0.25, -0.2) is 13.1 Å². The van der Waals surface area contributed by atoms with Crippen LogP contribution in [-0.4, -0.2) is 34.6 Å². The summed E-state index contributed by atoms with van der Waals surface area (Å²) in [5.41, 5.74) is 2.13.